The number of amidine groups is 1. The number of carbonyl (C=O) groups is 3. The van der Waals surface area contributed by atoms with Crippen LogP contribution in [0.2, 0.25) is 0 Å². The van der Waals surface area contributed by atoms with E-state index < -0.39 is 17.1 Å². The van der Waals surface area contributed by atoms with E-state index in [9.17, 15) is 19.5 Å². The Morgan fingerprint density at radius 1 is 1.03 bits per heavy atom. The fourth-order valence-electron chi connectivity index (χ4n) is 3.81. The minimum atomic E-state index is -1.09. The lowest BCUT2D eigenvalue weighted by Crippen LogP contribution is -2.46. The molecular weight excluding hydrogens is 506 g/mol. The van der Waals surface area contributed by atoms with Crippen LogP contribution in [-0.2, 0) is 16.0 Å². The number of nitrogens with zero attached hydrogens (tertiary/aromatic N) is 2. The summed E-state index contributed by atoms with van der Waals surface area (Å²) < 4.78 is 10.4. The van der Waals surface area contributed by atoms with Crippen LogP contribution in [0.15, 0.2) is 77.8 Å². The van der Waals surface area contributed by atoms with Crippen LogP contribution in [0.25, 0.3) is 0 Å². The molecule has 1 atom stereocenters. The quantitative estimate of drug-likeness (QED) is 0.413. The van der Waals surface area contributed by atoms with Gasteiger partial charge in [0.05, 0.1) is 25.5 Å². The summed E-state index contributed by atoms with van der Waals surface area (Å²) in [6.07, 6.45) is 0.580. The number of amides is 2. The lowest BCUT2D eigenvalue weighted by molar-refractivity contribution is -0.129. The lowest BCUT2D eigenvalue weighted by atomic mass is 10.1. The van der Waals surface area contributed by atoms with Crippen LogP contribution in [0.5, 0.6) is 11.5 Å². The van der Waals surface area contributed by atoms with Crippen molar-refractivity contribution in [2.24, 2.45) is 4.99 Å². The van der Waals surface area contributed by atoms with E-state index in [1.54, 1.807) is 55.5 Å². The van der Waals surface area contributed by atoms with Crippen LogP contribution >= 0.6 is 11.8 Å². The first-order valence-corrected chi connectivity index (χ1v) is 12.7. The topological polar surface area (TPSA) is 118 Å². The highest BCUT2D eigenvalue weighted by Crippen LogP contribution is 2.31. The second kappa shape index (κ2) is 12.3. The largest absolute Gasteiger partial charge is 0.497 e. The van der Waals surface area contributed by atoms with Crippen LogP contribution in [-0.4, -0.2) is 59.0 Å². The van der Waals surface area contributed by atoms with Crippen molar-refractivity contribution in [2.75, 3.05) is 26.1 Å². The zero-order valence-electron chi connectivity index (χ0n) is 20.9. The Hall–Kier alpha value is -4.31. The molecule has 1 saturated heterocycles. The Balaban J connectivity index is 1.54. The molecule has 1 aliphatic rings. The van der Waals surface area contributed by atoms with E-state index >= 15 is 0 Å². The molecule has 0 radical (unpaired) electrons. The molecule has 1 heterocycles. The summed E-state index contributed by atoms with van der Waals surface area (Å²) in [6.45, 7) is 0.391. The van der Waals surface area contributed by atoms with E-state index in [0.29, 0.717) is 35.3 Å². The molecule has 0 saturated carbocycles. The van der Waals surface area contributed by atoms with Gasteiger partial charge < -0.3 is 19.9 Å². The molecule has 0 bridgehead atoms. The minimum absolute atomic E-state index is 0.0145. The number of aliphatic imine (C=N–C) groups is 1. The van der Waals surface area contributed by atoms with Crippen LogP contribution in [0, 0.1) is 0 Å². The van der Waals surface area contributed by atoms with Crippen LogP contribution < -0.4 is 14.8 Å². The highest BCUT2D eigenvalue weighted by atomic mass is 32.2. The molecule has 0 spiro atoms. The fraction of sp³-hybridized carbons (Fsp3) is 0.214. The molecule has 1 unspecified atom stereocenters. The van der Waals surface area contributed by atoms with Crippen LogP contribution in [0.4, 0.5) is 11.4 Å². The summed E-state index contributed by atoms with van der Waals surface area (Å²) in [5, 5.41) is 11.6. The van der Waals surface area contributed by atoms with Gasteiger partial charge in [-0.15, -0.1) is 0 Å². The number of carbonyl (C=O) groups excluding carboxylic acids is 2. The third kappa shape index (κ3) is 6.71. The number of carboxylic acids is 1. The molecule has 10 heteroatoms. The van der Waals surface area contributed by atoms with Crippen molar-refractivity contribution in [3.05, 3.63) is 83.9 Å². The Kier molecular flexibility index (Phi) is 8.65. The summed E-state index contributed by atoms with van der Waals surface area (Å²) in [7, 11) is 3.18. The Labute approximate surface area is 224 Å². The van der Waals surface area contributed by atoms with Gasteiger partial charge in [0.25, 0.3) is 0 Å². The first kappa shape index (κ1) is 26.7. The maximum atomic E-state index is 13.3. The molecule has 4 rings (SSSR count). The van der Waals surface area contributed by atoms with Gasteiger partial charge >= 0.3 is 5.97 Å². The summed E-state index contributed by atoms with van der Waals surface area (Å²) in [5.41, 5.74) is 2.05. The van der Waals surface area contributed by atoms with Gasteiger partial charge in [0.1, 0.15) is 16.7 Å². The normalized spacial score (nSPS) is 16.3. The van der Waals surface area contributed by atoms with Gasteiger partial charge in [-0.2, -0.15) is 0 Å². The molecule has 0 aliphatic carbocycles. The smallest absolute Gasteiger partial charge is 0.335 e. The predicted octanol–water partition coefficient (Wildman–Crippen LogP) is 4.61. The maximum Gasteiger partial charge on any atom is 0.335 e. The van der Waals surface area contributed by atoms with Gasteiger partial charge in [-0.05, 0) is 66.6 Å². The summed E-state index contributed by atoms with van der Waals surface area (Å²) in [5.74, 6) is -0.279. The molecule has 0 aromatic heterocycles. The van der Waals surface area contributed by atoms with Crippen molar-refractivity contribution in [3.8, 4) is 11.5 Å². The second-order valence-electron chi connectivity index (χ2n) is 8.42. The predicted molar refractivity (Wildman–Crippen MR) is 147 cm³/mol. The molecule has 196 valence electrons. The number of nitrogens with one attached hydrogen (secondary N) is 1. The zero-order chi connectivity index (χ0) is 27.1. The minimum Gasteiger partial charge on any atom is -0.497 e. The van der Waals surface area contributed by atoms with Gasteiger partial charge in [0.15, 0.2) is 5.17 Å². The van der Waals surface area contributed by atoms with Crippen molar-refractivity contribution in [1.29, 1.82) is 0 Å². The number of aromatic carboxylic acids is 1. The molecule has 2 amide bonds. The molecule has 3 aromatic carbocycles. The fourth-order valence-corrected chi connectivity index (χ4v) is 4.94. The van der Waals surface area contributed by atoms with E-state index in [-0.39, 0.29) is 17.9 Å². The van der Waals surface area contributed by atoms with E-state index in [2.05, 4.69) is 5.32 Å². The molecule has 38 heavy (non-hydrogen) atoms. The molecule has 1 aliphatic heterocycles. The zero-order valence-corrected chi connectivity index (χ0v) is 21.7. The lowest BCUT2D eigenvalue weighted by Gasteiger charge is -2.32. The van der Waals surface area contributed by atoms with E-state index in [1.165, 1.54) is 23.9 Å². The number of carboxylic acid groups (broad SMARTS) is 1. The average Bonchev–Trinajstić information content (AvgIpc) is 2.93. The summed E-state index contributed by atoms with van der Waals surface area (Å²) >= 11 is 1.20. The molecule has 9 nitrogen and oxygen atoms in total. The van der Waals surface area contributed by atoms with Crippen molar-refractivity contribution in [2.45, 2.75) is 18.1 Å². The molecular formula is C28H27N3O6S. The number of hydrogen-bond donors (Lipinski definition) is 2. The molecule has 2 N–H and O–H groups in total. The number of benzene rings is 3. The highest BCUT2D eigenvalue weighted by Gasteiger charge is 2.36. The number of thioether (sulfide) groups is 1. The summed E-state index contributed by atoms with van der Waals surface area (Å²) in [6, 6.07) is 20.7. The van der Waals surface area contributed by atoms with Crippen LogP contribution in [0.1, 0.15) is 22.3 Å². The van der Waals surface area contributed by atoms with Crippen molar-refractivity contribution >= 4 is 46.1 Å². The van der Waals surface area contributed by atoms with Gasteiger partial charge in [-0.1, -0.05) is 30.0 Å². The van der Waals surface area contributed by atoms with Crippen LogP contribution in [0.3, 0.4) is 0 Å². The Morgan fingerprint density at radius 2 is 1.68 bits per heavy atom. The van der Waals surface area contributed by atoms with Crippen molar-refractivity contribution < 1.29 is 29.0 Å². The first-order valence-electron chi connectivity index (χ1n) is 11.8. The van der Waals surface area contributed by atoms with Gasteiger partial charge in [0, 0.05) is 18.7 Å². The first-order chi connectivity index (χ1) is 18.4. The maximum absolute atomic E-state index is 13.3. The van der Waals surface area contributed by atoms with E-state index in [4.69, 9.17) is 14.5 Å². The van der Waals surface area contributed by atoms with Gasteiger partial charge in [-0.25, -0.2) is 9.79 Å². The average molecular weight is 534 g/mol. The standard InChI is InChI=1S/C28H27N3O6S/c1-36-22-10-6-18(7-11-22)14-15-31-25(32)17-24(26(33)29-21-5-3-4-19(16-21)27(34)35)38-28(31)30-20-8-12-23(37-2)13-9-20/h3-13,16,24H,14-15,17H2,1-2H3,(H,29,33)(H,34,35). The van der Waals surface area contributed by atoms with Gasteiger partial charge in [0.2, 0.25) is 11.8 Å². The highest BCUT2D eigenvalue weighted by molar-refractivity contribution is 8.15. The third-order valence-corrected chi connectivity index (χ3v) is 7.08. The van der Waals surface area contributed by atoms with E-state index in [0.717, 1.165) is 11.3 Å². The SMILES string of the molecule is COc1ccc(CCN2C(=O)CC(C(=O)Nc3cccc(C(=O)O)c3)SC2=Nc2ccc(OC)cc2)cc1. The van der Waals surface area contributed by atoms with Gasteiger partial charge in [-0.3, -0.25) is 14.5 Å². The third-order valence-electron chi connectivity index (χ3n) is 5.89. The Bertz CT molecular complexity index is 1340. The van der Waals surface area contributed by atoms with Crippen molar-refractivity contribution in [1.82, 2.24) is 4.90 Å². The number of hydrogen-bond acceptors (Lipinski definition) is 7. The summed E-state index contributed by atoms with van der Waals surface area (Å²) in [4.78, 5) is 43.9. The number of methoxy groups -OCH3 is 2. The molecule has 3 aromatic rings. The van der Waals surface area contributed by atoms with E-state index in [1.807, 2.05) is 24.3 Å². The van der Waals surface area contributed by atoms with Crippen molar-refractivity contribution in [3.63, 3.8) is 0 Å². The number of rotatable bonds is 9. The Morgan fingerprint density at radius 3 is 2.32 bits per heavy atom. The number of ether oxygens (including phenoxy) is 2. The second-order valence-corrected chi connectivity index (χ2v) is 9.59. The monoisotopic (exact) mass is 533 g/mol. The number of anilines is 1. The molecule has 1 fully saturated rings.